The number of fused-ring (bicyclic) bond motifs is 1. The van der Waals surface area contributed by atoms with E-state index in [-0.39, 0.29) is 5.56 Å². The number of hydrogen-bond acceptors (Lipinski definition) is 4. The molecule has 1 aromatic rings. The average Bonchev–Trinajstić information content (AvgIpc) is 2.63. The van der Waals surface area contributed by atoms with Crippen molar-refractivity contribution in [3.63, 3.8) is 0 Å². The Morgan fingerprint density at radius 2 is 1.77 bits per heavy atom. The highest BCUT2D eigenvalue weighted by atomic mass is 32.1. The van der Waals surface area contributed by atoms with Crippen LogP contribution in [0, 0.1) is 0 Å². The topological polar surface area (TPSA) is 75.6 Å². The number of anilines is 1. The molecule has 0 fully saturated rings. The average molecular weight is 325 g/mol. The van der Waals surface area contributed by atoms with Crippen LogP contribution in [0.1, 0.15) is 67.3 Å². The van der Waals surface area contributed by atoms with Crippen molar-refractivity contribution in [3.05, 3.63) is 16.0 Å². The zero-order valence-electron chi connectivity index (χ0n) is 13.3. The fourth-order valence-electron chi connectivity index (χ4n) is 2.63. The smallest absolute Gasteiger partial charge is 0.412 e. The van der Waals surface area contributed by atoms with Gasteiger partial charge in [0.1, 0.15) is 10.6 Å². The number of amides is 1. The van der Waals surface area contributed by atoms with Gasteiger partial charge in [-0.05, 0) is 52.0 Å². The molecular weight excluding hydrogens is 302 g/mol. The summed E-state index contributed by atoms with van der Waals surface area (Å²) in [6.07, 6.45) is 5.41. The van der Waals surface area contributed by atoms with Crippen molar-refractivity contribution in [2.75, 3.05) is 5.32 Å². The van der Waals surface area contributed by atoms with Gasteiger partial charge in [0.25, 0.3) is 0 Å². The second-order valence-electron chi connectivity index (χ2n) is 6.55. The number of rotatable bonds is 2. The number of carboxylic acid groups (broad SMARTS) is 1. The van der Waals surface area contributed by atoms with Gasteiger partial charge in [-0.2, -0.15) is 0 Å². The van der Waals surface area contributed by atoms with Gasteiger partial charge in [0, 0.05) is 4.88 Å². The van der Waals surface area contributed by atoms with Gasteiger partial charge in [0.2, 0.25) is 0 Å². The summed E-state index contributed by atoms with van der Waals surface area (Å²) in [5, 5.41) is 12.6. The molecule has 1 aliphatic carbocycles. The minimum atomic E-state index is -0.982. The second kappa shape index (κ2) is 6.69. The summed E-state index contributed by atoms with van der Waals surface area (Å²) in [5.74, 6) is -0.982. The maximum Gasteiger partial charge on any atom is 0.412 e. The van der Waals surface area contributed by atoms with E-state index < -0.39 is 17.7 Å². The molecule has 0 atom stereocenters. The largest absolute Gasteiger partial charge is 0.478 e. The molecule has 0 radical (unpaired) electrons. The van der Waals surface area contributed by atoms with Gasteiger partial charge in [-0.25, -0.2) is 9.59 Å². The van der Waals surface area contributed by atoms with Crippen LogP contribution in [0.25, 0.3) is 0 Å². The van der Waals surface area contributed by atoms with Crippen LogP contribution in [-0.2, 0) is 17.6 Å². The standard InChI is InChI=1S/C16H23NO4S/c1-16(2,3)21-15(20)17-13-12(14(18)19)10-8-6-4-5-7-9-11(10)22-13/h4-9H2,1-3H3,(H,17,20)(H,18,19). The zero-order chi connectivity index (χ0) is 16.3. The number of nitrogens with one attached hydrogen (secondary N) is 1. The molecular formula is C16H23NO4S. The van der Waals surface area contributed by atoms with Crippen molar-refractivity contribution in [2.45, 2.75) is 64.9 Å². The predicted octanol–water partition coefficient (Wildman–Crippen LogP) is 4.45. The second-order valence-corrected chi connectivity index (χ2v) is 7.66. The Hall–Kier alpha value is -1.56. The molecule has 0 saturated carbocycles. The van der Waals surface area contributed by atoms with Gasteiger partial charge in [-0.3, -0.25) is 5.32 Å². The molecule has 0 spiro atoms. The molecule has 0 saturated heterocycles. The van der Waals surface area contributed by atoms with Gasteiger partial charge in [-0.1, -0.05) is 12.8 Å². The van der Waals surface area contributed by atoms with Crippen LogP contribution in [-0.4, -0.2) is 22.8 Å². The Morgan fingerprint density at radius 3 is 2.36 bits per heavy atom. The monoisotopic (exact) mass is 325 g/mol. The van der Waals surface area contributed by atoms with Gasteiger partial charge < -0.3 is 9.84 Å². The number of carbonyl (C=O) groups is 2. The SMILES string of the molecule is CC(C)(C)OC(=O)Nc1sc2c(c1C(=O)O)CCCCCC2. The first kappa shape index (κ1) is 16.8. The van der Waals surface area contributed by atoms with E-state index in [0.29, 0.717) is 5.00 Å². The lowest BCUT2D eigenvalue weighted by atomic mass is 9.96. The Balaban J connectivity index is 2.28. The zero-order valence-corrected chi connectivity index (χ0v) is 14.1. The Kier molecular flexibility index (Phi) is 5.11. The van der Waals surface area contributed by atoms with E-state index in [0.717, 1.165) is 42.5 Å². The Labute approximate surface area is 134 Å². The van der Waals surface area contributed by atoms with Crippen molar-refractivity contribution in [1.29, 1.82) is 0 Å². The maximum atomic E-state index is 11.9. The molecule has 0 aromatic carbocycles. The van der Waals surface area contributed by atoms with E-state index in [1.165, 1.54) is 17.8 Å². The highest BCUT2D eigenvalue weighted by Crippen LogP contribution is 2.37. The lowest BCUT2D eigenvalue weighted by Crippen LogP contribution is -2.27. The highest BCUT2D eigenvalue weighted by Gasteiger charge is 2.26. The minimum Gasteiger partial charge on any atom is -0.478 e. The van der Waals surface area contributed by atoms with Crippen LogP contribution >= 0.6 is 11.3 Å². The van der Waals surface area contributed by atoms with E-state index in [9.17, 15) is 14.7 Å². The first-order valence-corrected chi connectivity index (χ1v) is 8.47. The van der Waals surface area contributed by atoms with Crippen LogP contribution < -0.4 is 5.32 Å². The summed E-state index contributed by atoms with van der Waals surface area (Å²) in [6.45, 7) is 5.33. The van der Waals surface area contributed by atoms with Crippen LogP contribution in [0.15, 0.2) is 0 Å². The molecule has 1 heterocycles. The van der Waals surface area contributed by atoms with Crippen molar-refractivity contribution >= 4 is 28.4 Å². The van der Waals surface area contributed by atoms with Crippen LogP contribution in [0.5, 0.6) is 0 Å². The maximum absolute atomic E-state index is 11.9. The van der Waals surface area contributed by atoms with E-state index in [4.69, 9.17) is 4.74 Å². The lowest BCUT2D eigenvalue weighted by molar-refractivity contribution is 0.0636. The van der Waals surface area contributed by atoms with Crippen molar-refractivity contribution in [3.8, 4) is 0 Å². The van der Waals surface area contributed by atoms with Crippen LogP contribution in [0.3, 0.4) is 0 Å². The third-order valence-electron chi connectivity index (χ3n) is 3.50. The number of carbonyl (C=O) groups excluding carboxylic acids is 1. The molecule has 2 rings (SSSR count). The van der Waals surface area contributed by atoms with Crippen LogP contribution in [0.2, 0.25) is 0 Å². The summed E-state index contributed by atoms with van der Waals surface area (Å²) in [7, 11) is 0. The number of aromatic carboxylic acids is 1. The quantitative estimate of drug-likeness (QED) is 0.842. The predicted molar refractivity (Wildman–Crippen MR) is 87.0 cm³/mol. The minimum absolute atomic E-state index is 0.243. The van der Waals surface area contributed by atoms with E-state index in [2.05, 4.69) is 5.32 Å². The third kappa shape index (κ3) is 4.22. The molecule has 1 aromatic heterocycles. The molecule has 122 valence electrons. The molecule has 1 aliphatic rings. The van der Waals surface area contributed by atoms with Gasteiger partial charge >= 0.3 is 12.1 Å². The molecule has 2 N–H and O–H groups in total. The van der Waals surface area contributed by atoms with E-state index in [1.807, 2.05) is 0 Å². The summed E-state index contributed by atoms with van der Waals surface area (Å²) in [4.78, 5) is 24.7. The number of carboxylic acids is 1. The third-order valence-corrected chi connectivity index (χ3v) is 4.71. The summed E-state index contributed by atoms with van der Waals surface area (Å²) >= 11 is 1.37. The fraction of sp³-hybridized carbons (Fsp3) is 0.625. The van der Waals surface area contributed by atoms with E-state index >= 15 is 0 Å². The molecule has 0 aliphatic heterocycles. The summed E-state index contributed by atoms with van der Waals surface area (Å²) in [5.41, 5.74) is 0.523. The Morgan fingerprint density at radius 1 is 1.14 bits per heavy atom. The Bertz CT molecular complexity index is 571. The molecule has 1 amide bonds. The number of hydrogen-bond donors (Lipinski definition) is 2. The van der Waals surface area contributed by atoms with Crippen molar-refractivity contribution in [2.24, 2.45) is 0 Å². The summed E-state index contributed by atoms with van der Waals surface area (Å²) in [6, 6.07) is 0. The molecule has 22 heavy (non-hydrogen) atoms. The first-order chi connectivity index (χ1) is 10.3. The van der Waals surface area contributed by atoms with Gasteiger partial charge in [-0.15, -0.1) is 11.3 Å². The number of ether oxygens (including phenoxy) is 1. The highest BCUT2D eigenvalue weighted by molar-refractivity contribution is 7.17. The van der Waals surface area contributed by atoms with Crippen LogP contribution in [0.4, 0.5) is 9.80 Å². The van der Waals surface area contributed by atoms with Crippen molar-refractivity contribution in [1.82, 2.24) is 0 Å². The first-order valence-electron chi connectivity index (χ1n) is 7.66. The molecule has 5 nitrogen and oxygen atoms in total. The number of aryl methyl sites for hydroxylation is 1. The van der Waals surface area contributed by atoms with E-state index in [1.54, 1.807) is 20.8 Å². The van der Waals surface area contributed by atoms with Gasteiger partial charge in [0.15, 0.2) is 0 Å². The number of thiophene rings is 1. The fourth-order valence-corrected chi connectivity index (χ4v) is 3.90. The van der Waals surface area contributed by atoms with Crippen molar-refractivity contribution < 1.29 is 19.4 Å². The molecule has 0 unspecified atom stereocenters. The summed E-state index contributed by atoms with van der Waals surface area (Å²) < 4.78 is 5.22. The molecule has 0 bridgehead atoms. The molecule has 6 heteroatoms. The normalized spacial score (nSPS) is 15.4. The van der Waals surface area contributed by atoms with Gasteiger partial charge in [0.05, 0.1) is 5.56 Å². The lowest BCUT2D eigenvalue weighted by Gasteiger charge is -2.19.